The van der Waals surface area contributed by atoms with Crippen LogP contribution >= 0.6 is 11.8 Å². The Balaban J connectivity index is 2.00. The van der Waals surface area contributed by atoms with Gasteiger partial charge in [0.2, 0.25) is 0 Å². The summed E-state index contributed by atoms with van der Waals surface area (Å²) >= 11 is 1.36. The number of thioether (sulfide) groups is 1. The number of aliphatic hydroxyl groups is 1. The number of rotatable bonds is 6. The van der Waals surface area contributed by atoms with Gasteiger partial charge in [0.25, 0.3) is 5.91 Å². The number of nitrogens with zero attached hydrogens (tertiary/aromatic N) is 1. The molecule has 0 unspecified atom stereocenters. The van der Waals surface area contributed by atoms with Crippen molar-refractivity contribution in [1.82, 2.24) is 5.32 Å². The zero-order valence-electron chi connectivity index (χ0n) is 10.6. The molecular weight excluding hydrogens is 260 g/mol. The van der Waals surface area contributed by atoms with Gasteiger partial charge in [0.1, 0.15) is 0 Å². The second-order valence-corrected chi connectivity index (χ2v) is 5.80. The van der Waals surface area contributed by atoms with E-state index in [2.05, 4.69) is 11.4 Å². The number of carbonyl (C=O) groups is 1. The fourth-order valence-electron chi connectivity index (χ4n) is 1.82. The Kier molecular flexibility index (Phi) is 4.46. The first kappa shape index (κ1) is 13.9. The topological polar surface area (TPSA) is 73.1 Å². The Hall–Kier alpha value is -1.51. The maximum atomic E-state index is 12.1. The summed E-state index contributed by atoms with van der Waals surface area (Å²) in [5.41, 5.74) is 0.501. The predicted octanol–water partition coefficient (Wildman–Crippen LogP) is 1.80. The fraction of sp³-hybridized carbons (Fsp3) is 0.429. The van der Waals surface area contributed by atoms with E-state index in [0.29, 0.717) is 17.9 Å². The van der Waals surface area contributed by atoms with Gasteiger partial charge in [-0.3, -0.25) is 4.79 Å². The number of benzene rings is 1. The lowest BCUT2D eigenvalue weighted by atomic mass is 10.1. The minimum absolute atomic E-state index is 0.0929. The highest BCUT2D eigenvalue weighted by Gasteiger charge is 2.42. The molecule has 100 valence electrons. The van der Waals surface area contributed by atoms with Crippen molar-refractivity contribution in [2.45, 2.75) is 17.7 Å². The summed E-state index contributed by atoms with van der Waals surface area (Å²) in [6, 6.07) is 9.32. The van der Waals surface area contributed by atoms with Crippen molar-refractivity contribution in [1.29, 1.82) is 5.26 Å². The summed E-state index contributed by atoms with van der Waals surface area (Å²) in [4.78, 5) is 12.9. The normalized spacial score (nSPS) is 15.6. The molecule has 1 aromatic carbocycles. The Bertz CT molecular complexity index is 506. The molecule has 0 heterocycles. The third-order valence-corrected chi connectivity index (χ3v) is 4.28. The van der Waals surface area contributed by atoms with Gasteiger partial charge in [-0.2, -0.15) is 5.26 Å². The number of hydrogen-bond donors (Lipinski definition) is 2. The van der Waals surface area contributed by atoms with E-state index in [-0.39, 0.29) is 17.9 Å². The van der Waals surface area contributed by atoms with Crippen LogP contribution < -0.4 is 5.32 Å². The molecule has 1 saturated carbocycles. The minimum Gasteiger partial charge on any atom is -0.396 e. The van der Waals surface area contributed by atoms with Crippen LogP contribution in [0.4, 0.5) is 0 Å². The molecule has 0 aliphatic heterocycles. The quantitative estimate of drug-likeness (QED) is 0.777. The number of nitrogens with one attached hydrogen (secondary N) is 1. The van der Waals surface area contributed by atoms with Crippen LogP contribution in [-0.2, 0) is 0 Å². The van der Waals surface area contributed by atoms with Gasteiger partial charge < -0.3 is 10.4 Å². The van der Waals surface area contributed by atoms with E-state index in [4.69, 9.17) is 5.26 Å². The molecule has 0 radical (unpaired) electrons. The second-order valence-electron chi connectivity index (χ2n) is 4.78. The van der Waals surface area contributed by atoms with Gasteiger partial charge in [-0.15, -0.1) is 11.8 Å². The molecular formula is C14H16N2O2S. The van der Waals surface area contributed by atoms with E-state index in [0.717, 1.165) is 17.7 Å². The summed E-state index contributed by atoms with van der Waals surface area (Å²) in [7, 11) is 0. The van der Waals surface area contributed by atoms with Crippen molar-refractivity contribution in [2.24, 2.45) is 5.41 Å². The van der Waals surface area contributed by atoms with E-state index in [1.165, 1.54) is 11.8 Å². The first-order valence-electron chi connectivity index (χ1n) is 6.19. The summed E-state index contributed by atoms with van der Waals surface area (Å²) in [6.45, 7) is 0.637. The van der Waals surface area contributed by atoms with Crippen molar-refractivity contribution >= 4 is 17.7 Å². The van der Waals surface area contributed by atoms with Crippen LogP contribution in [0.3, 0.4) is 0 Å². The van der Waals surface area contributed by atoms with Crippen LogP contribution in [0.15, 0.2) is 29.2 Å². The molecule has 0 spiro atoms. The molecule has 1 amide bonds. The molecule has 5 heteroatoms. The molecule has 0 atom stereocenters. The lowest BCUT2D eigenvalue weighted by molar-refractivity contribution is 0.0932. The third-order valence-electron chi connectivity index (χ3n) is 3.34. The summed E-state index contributed by atoms with van der Waals surface area (Å²) < 4.78 is 0. The molecule has 0 saturated heterocycles. The highest BCUT2D eigenvalue weighted by molar-refractivity contribution is 7.99. The average Bonchev–Trinajstić information content (AvgIpc) is 3.23. The van der Waals surface area contributed by atoms with E-state index in [1.807, 2.05) is 18.2 Å². The molecule has 0 aromatic heterocycles. The molecule has 0 bridgehead atoms. The molecule has 1 aliphatic rings. The third kappa shape index (κ3) is 3.49. The second kappa shape index (κ2) is 6.09. The van der Waals surface area contributed by atoms with Gasteiger partial charge in [0.05, 0.1) is 24.0 Å². The van der Waals surface area contributed by atoms with Gasteiger partial charge in [0, 0.05) is 16.9 Å². The van der Waals surface area contributed by atoms with Crippen molar-refractivity contribution in [2.75, 3.05) is 18.9 Å². The van der Waals surface area contributed by atoms with Crippen LogP contribution in [0.5, 0.6) is 0 Å². The largest absolute Gasteiger partial charge is 0.396 e. The van der Waals surface area contributed by atoms with Crippen molar-refractivity contribution in [3.63, 3.8) is 0 Å². The van der Waals surface area contributed by atoms with Crippen LogP contribution in [0.2, 0.25) is 0 Å². The fourth-order valence-corrected chi connectivity index (χ4v) is 2.53. The van der Waals surface area contributed by atoms with Gasteiger partial charge in [-0.05, 0) is 25.0 Å². The van der Waals surface area contributed by atoms with Gasteiger partial charge in [-0.25, -0.2) is 0 Å². The SMILES string of the molecule is N#CCSc1ccccc1C(=O)NCC1(CO)CC1. The molecule has 1 aromatic rings. The summed E-state index contributed by atoms with van der Waals surface area (Å²) in [5.74, 6) is 0.186. The number of hydrogen-bond acceptors (Lipinski definition) is 4. The van der Waals surface area contributed by atoms with Crippen LogP contribution in [-0.4, -0.2) is 29.9 Å². The van der Waals surface area contributed by atoms with Crippen LogP contribution in [0.25, 0.3) is 0 Å². The van der Waals surface area contributed by atoms with Crippen molar-refractivity contribution in [3.8, 4) is 6.07 Å². The van der Waals surface area contributed by atoms with Crippen molar-refractivity contribution in [3.05, 3.63) is 29.8 Å². The summed E-state index contributed by atoms with van der Waals surface area (Å²) in [6.07, 6.45) is 1.93. The molecule has 4 nitrogen and oxygen atoms in total. The van der Waals surface area contributed by atoms with E-state index in [1.54, 1.807) is 6.07 Å². The number of amides is 1. The van der Waals surface area contributed by atoms with E-state index >= 15 is 0 Å². The van der Waals surface area contributed by atoms with Gasteiger partial charge in [0.15, 0.2) is 0 Å². The standard InChI is InChI=1S/C14H16N2O2S/c15-7-8-19-12-4-2-1-3-11(12)13(18)16-9-14(10-17)5-6-14/h1-4,17H,5-6,8-10H2,(H,16,18). The zero-order chi connectivity index (χ0) is 13.7. The number of aliphatic hydroxyl groups excluding tert-OH is 1. The minimum atomic E-state index is -0.138. The van der Waals surface area contributed by atoms with Crippen molar-refractivity contribution < 1.29 is 9.90 Å². The molecule has 2 rings (SSSR count). The Morgan fingerprint density at radius 3 is 2.84 bits per heavy atom. The lowest BCUT2D eigenvalue weighted by Crippen LogP contribution is -2.32. The van der Waals surface area contributed by atoms with E-state index in [9.17, 15) is 9.90 Å². The zero-order valence-corrected chi connectivity index (χ0v) is 11.4. The van der Waals surface area contributed by atoms with Gasteiger partial charge >= 0.3 is 0 Å². The van der Waals surface area contributed by atoms with E-state index < -0.39 is 0 Å². The highest BCUT2D eigenvalue weighted by atomic mass is 32.2. The Morgan fingerprint density at radius 1 is 1.47 bits per heavy atom. The predicted molar refractivity (Wildman–Crippen MR) is 73.9 cm³/mol. The maximum Gasteiger partial charge on any atom is 0.252 e. The first-order chi connectivity index (χ1) is 9.21. The average molecular weight is 276 g/mol. The molecule has 2 N–H and O–H groups in total. The monoisotopic (exact) mass is 276 g/mol. The number of carbonyl (C=O) groups excluding carboxylic acids is 1. The summed E-state index contributed by atoms with van der Waals surface area (Å²) in [5, 5.41) is 20.7. The Morgan fingerprint density at radius 2 is 2.21 bits per heavy atom. The first-order valence-corrected chi connectivity index (χ1v) is 7.17. The molecule has 1 aliphatic carbocycles. The maximum absolute atomic E-state index is 12.1. The Labute approximate surface area is 116 Å². The highest BCUT2D eigenvalue weighted by Crippen LogP contribution is 2.44. The smallest absolute Gasteiger partial charge is 0.252 e. The van der Waals surface area contributed by atoms with Gasteiger partial charge in [-0.1, -0.05) is 12.1 Å². The van der Waals surface area contributed by atoms with Crippen LogP contribution in [0, 0.1) is 16.7 Å². The van der Waals surface area contributed by atoms with Crippen LogP contribution in [0.1, 0.15) is 23.2 Å². The number of nitriles is 1. The molecule has 1 fully saturated rings. The molecule has 19 heavy (non-hydrogen) atoms. The lowest BCUT2D eigenvalue weighted by Gasteiger charge is -2.14.